The lowest BCUT2D eigenvalue weighted by Gasteiger charge is -2.13. The van der Waals surface area contributed by atoms with Crippen molar-refractivity contribution in [1.29, 1.82) is 0 Å². The van der Waals surface area contributed by atoms with Gasteiger partial charge in [-0.3, -0.25) is 0 Å². The van der Waals surface area contributed by atoms with Crippen LogP contribution in [0.5, 0.6) is 5.75 Å². The maximum atomic E-state index is 6.58. The average molecular weight is 349 g/mol. The van der Waals surface area contributed by atoms with Crippen molar-refractivity contribution in [2.24, 2.45) is 0 Å². The van der Waals surface area contributed by atoms with Crippen LogP contribution in [-0.4, -0.2) is 23.9 Å². The first-order chi connectivity index (χ1) is 12.7. The van der Waals surface area contributed by atoms with Crippen molar-refractivity contribution < 1.29 is 9.47 Å². The highest BCUT2D eigenvalue weighted by Crippen LogP contribution is 2.46. The Morgan fingerprint density at radius 3 is 2.50 bits per heavy atom. The summed E-state index contributed by atoms with van der Waals surface area (Å²) in [6.45, 7) is 1.44. The van der Waals surface area contributed by atoms with Crippen LogP contribution in [0.2, 0.25) is 0 Å². The van der Waals surface area contributed by atoms with Crippen molar-refractivity contribution in [2.75, 3.05) is 24.7 Å². The van der Waals surface area contributed by atoms with E-state index < -0.39 is 0 Å². The Bertz CT molecular complexity index is 952. The summed E-state index contributed by atoms with van der Waals surface area (Å²) < 4.78 is 13.9. The van der Waals surface area contributed by atoms with Gasteiger partial charge in [0.05, 0.1) is 30.1 Å². The monoisotopic (exact) mass is 349 g/mol. The maximum Gasteiger partial charge on any atom is 0.124 e. The van der Waals surface area contributed by atoms with Gasteiger partial charge in [0.15, 0.2) is 0 Å². The number of anilines is 2. The molecule has 3 aromatic rings. The number of hydrogen-bond donors (Lipinski definition) is 2. The molecule has 1 unspecified atom stereocenters. The average Bonchev–Trinajstić information content (AvgIpc) is 3.28. The standard InChI is InChI=1S/C21H23N3O2/c22-14-3-1-13(2-4-14)21-20(23)18-8-7-16(26-17-9-10-25-12-17)11-19(18)24(21)15-5-6-15/h1-4,7-8,11,15,17H,5-6,9-10,12,22-23H2. The molecule has 5 heteroatoms. The SMILES string of the molecule is Nc1ccc(-c2c(N)c3ccc(OC4CCOC4)cc3n2C2CC2)cc1. The van der Waals surface area contributed by atoms with Gasteiger partial charge < -0.3 is 25.5 Å². The number of ether oxygens (including phenoxy) is 2. The number of nitrogen functional groups attached to an aromatic ring is 2. The summed E-state index contributed by atoms with van der Waals surface area (Å²) in [6, 6.07) is 14.7. The van der Waals surface area contributed by atoms with E-state index in [0.717, 1.165) is 52.3 Å². The highest BCUT2D eigenvalue weighted by atomic mass is 16.5. The fourth-order valence-corrected chi connectivity index (χ4v) is 3.84. The largest absolute Gasteiger partial charge is 0.488 e. The van der Waals surface area contributed by atoms with Crippen LogP contribution in [0.3, 0.4) is 0 Å². The van der Waals surface area contributed by atoms with Crippen LogP contribution in [0.4, 0.5) is 11.4 Å². The summed E-state index contributed by atoms with van der Waals surface area (Å²) in [5.41, 5.74) is 17.4. The maximum absolute atomic E-state index is 6.58. The second-order valence-electron chi connectivity index (χ2n) is 7.27. The van der Waals surface area contributed by atoms with Gasteiger partial charge in [-0.25, -0.2) is 0 Å². The van der Waals surface area contributed by atoms with Crippen molar-refractivity contribution in [3.8, 4) is 17.0 Å². The molecule has 26 heavy (non-hydrogen) atoms. The van der Waals surface area contributed by atoms with E-state index in [2.05, 4.69) is 16.7 Å². The van der Waals surface area contributed by atoms with Crippen LogP contribution in [0.1, 0.15) is 25.3 Å². The first-order valence-corrected chi connectivity index (χ1v) is 9.24. The molecule has 134 valence electrons. The molecule has 0 amide bonds. The Balaban J connectivity index is 1.63. The molecule has 0 bridgehead atoms. The van der Waals surface area contributed by atoms with Gasteiger partial charge in [0, 0.05) is 35.2 Å². The van der Waals surface area contributed by atoms with Crippen LogP contribution < -0.4 is 16.2 Å². The molecule has 1 aliphatic heterocycles. The van der Waals surface area contributed by atoms with E-state index in [0.29, 0.717) is 12.6 Å². The van der Waals surface area contributed by atoms with Gasteiger partial charge in [0.25, 0.3) is 0 Å². The van der Waals surface area contributed by atoms with Gasteiger partial charge >= 0.3 is 0 Å². The molecule has 5 rings (SSSR count). The van der Waals surface area contributed by atoms with Gasteiger partial charge in [0.1, 0.15) is 11.9 Å². The fourth-order valence-electron chi connectivity index (χ4n) is 3.84. The van der Waals surface area contributed by atoms with Crippen LogP contribution in [0.25, 0.3) is 22.2 Å². The second kappa shape index (κ2) is 5.95. The minimum Gasteiger partial charge on any atom is -0.488 e. The molecule has 1 atom stereocenters. The Morgan fingerprint density at radius 1 is 1.00 bits per heavy atom. The van der Waals surface area contributed by atoms with Crippen molar-refractivity contribution in [2.45, 2.75) is 31.4 Å². The number of hydrogen-bond acceptors (Lipinski definition) is 4. The molecule has 0 spiro atoms. The zero-order valence-corrected chi connectivity index (χ0v) is 14.7. The number of nitrogens with two attached hydrogens (primary N) is 2. The minimum atomic E-state index is 0.144. The Labute approximate surface area is 152 Å². The van der Waals surface area contributed by atoms with Crippen molar-refractivity contribution in [3.05, 3.63) is 42.5 Å². The summed E-state index contributed by atoms with van der Waals surface area (Å²) in [4.78, 5) is 0. The minimum absolute atomic E-state index is 0.144. The molecule has 2 aliphatic rings. The number of nitrogens with zero attached hydrogens (tertiary/aromatic N) is 1. The molecule has 1 saturated heterocycles. The number of aromatic nitrogens is 1. The van der Waals surface area contributed by atoms with E-state index >= 15 is 0 Å². The molecular formula is C21H23N3O2. The van der Waals surface area contributed by atoms with E-state index in [1.54, 1.807) is 0 Å². The lowest BCUT2D eigenvalue weighted by Crippen LogP contribution is -2.15. The lowest BCUT2D eigenvalue weighted by atomic mass is 10.1. The second-order valence-corrected chi connectivity index (χ2v) is 7.27. The summed E-state index contributed by atoms with van der Waals surface area (Å²) in [5, 5.41) is 1.08. The fraction of sp³-hybridized carbons (Fsp3) is 0.333. The van der Waals surface area contributed by atoms with E-state index in [1.165, 1.54) is 12.8 Å². The molecule has 4 N–H and O–H groups in total. The summed E-state index contributed by atoms with van der Waals surface area (Å²) in [7, 11) is 0. The van der Waals surface area contributed by atoms with Gasteiger partial charge in [-0.05, 0) is 37.1 Å². The Kier molecular flexibility index (Phi) is 3.57. The summed E-state index contributed by atoms with van der Waals surface area (Å²) in [5.74, 6) is 0.885. The first-order valence-electron chi connectivity index (χ1n) is 9.24. The highest BCUT2D eigenvalue weighted by molar-refractivity contribution is 6.01. The van der Waals surface area contributed by atoms with E-state index in [9.17, 15) is 0 Å². The third-order valence-corrected chi connectivity index (χ3v) is 5.30. The van der Waals surface area contributed by atoms with Gasteiger partial charge in [0.2, 0.25) is 0 Å². The zero-order valence-electron chi connectivity index (χ0n) is 14.7. The topological polar surface area (TPSA) is 75.4 Å². The Hall–Kier alpha value is -2.66. The summed E-state index contributed by atoms with van der Waals surface area (Å²) >= 11 is 0. The van der Waals surface area contributed by atoms with Crippen LogP contribution in [0.15, 0.2) is 42.5 Å². The van der Waals surface area contributed by atoms with Gasteiger partial charge in [-0.15, -0.1) is 0 Å². The normalized spacial score (nSPS) is 19.9. The number of benzene rings is 2. The van der Waals surface area contributed by atoms with Crippen molar-refractivity contribution >= 4 is 22.3 Å². The van der Waals surface area contributed by atoms with Crippen LogP contribution in [-0.2, 0) is 4.74 Å². The first kappa shape index (κ1) is 15.6. The lowest BCUT2D eigenvalue weighted by molar-refractivity contribution is 0.141. The van der Waals surface area contributed by atoms with Crippen molar-refractivity contribution in [3.63, 3.8) is 0 Å². The molecule has 2 fully saturated rings. The molecule has 1 aliphatic carbocycles. The third-order valence-electron chi connectivity index (χ3n) is 5.30. The van der Waals surface area contributed by atoms with E-state index in [4.69, 9.17) is 20.9 Å². The molecular weight excluding hydrogens is 326 g/mol. The molecule has 1 aromatic heterocycles. The number of rotatable bonds is 4. The highest BCUT2D eigenvalue weighted by Gasteiger charge is 2.30. The molecule has 5 nitrogen and oxygen atoms in total. The van der Waals surface area contributed by atoms with Crippen LogP contribution in [0, 0.1) is 0 Å². The quantitative estimate of drug-likeness (QED) is 0.699. The Morgan fingerprint density at radius 2 is 1.81 bits per heavy atom. The summed E-state index contributed by atoms with van der Waals surface area (Å²) in [6.07, 6.45) is 3.46. The molecule has 0 radical (unpaired) electrons. The number of fused-ring (bicyclic) bond motifs is 1. The zero-order chi connectivity index (χ0) is 17.7. The molecule has 2 heterocycles. The van der Waals surface area contributed by atoms with E-state index in [1.807, 2.05) is 30.3 Å². The molecule has 1 saturated carbocycles. The van der Waals surface area contributed by atoms with Gasteiger partial charge in [-0.2, -0.15) is 0 Å². The smallest absolute Gasteiger partial charge is 0.124 e. The molecule has 2 aromatic carbocycles. The predicted molar refractivity (Wildman–Crippen MR) is 104 cm³/mol. The van der Waals surface area contributed by atoms with E-state index in [-0.39, 0.29) is 6.10 Å². The predicted octanol–water partition coefficient (Wildman–Crippen LogP) is 3.98. The van der Waals surface area contributed by atoms with Crippen LogP contribution >= 0.6 is 0 Å². The van der Waals surface area contributed by atoms with Gasteiger partial charge in [-0.1, -0.05) is 12.1 Å². The van der Waals surface area contributed by atoms with Crippen molar-refractivity contribution in [1.82, 2.24) is 4.57 Å². The third kappa shape index (κ3) is 2.59.